The highest BCUT2D eigenvalue weighted by molar-refractivity contribution is 5.89. The zero-order valence-corrected chi connectivity index (χ0v) is 19.2. The van der Waals surface area contributed by atoms with Gasteiger partial charge in [-0.3, -0.25) is 4.99 Å². The van der Waals surface area contributed by atoms with E-state index in [-0.39, 0.29) is 6.03 Å². The summed E-state index contributed by atoms with van der Waals surface area (Å²) in [6, 6.07) is 8.00. The number of aliphatic imine (C=N–C) groups is 1. The second-order valence-electron chi connectivity index (χ2n) is 8.76. The number of guanidine groups is 1. The van der Waals surface area contributed by atoms with Gasteiger partial charge in [0.15, 0.2) is 5.96 Å². The van der Waals surface area contributed by atoms with Gasteiger partial charge in [-0.1, -0.05) is 25.0 Å². The monoisotopic (exact) mass is 429 g/mol. The van der Waals surface area contributed by atoms with Gasteiger partial charge < -0.3 is 25.6 Å². The molecule has 0 bridgehead atoms. The number of benzene rings is 1. The lowest BCUT2D eigenvalue weighted by Crippen LogP contribution is -2.43. The van der Waals surface area contributed by atoms with Gasteiger partial charge in [-0.2, -0.15) is 0 Å². The van der Waals surface area contributed by atoms with Crippen molar-refractivity contribution < 1.29 is 9.53 Å². The first-order valence-corrected chi connectivity index (χ1v) is 11.8. The Hall–Kier alpha value is -2.28. The lowest BCUT2D eigenvalue weighted by molar-refractivity contribution is 0.105. The molecule has 1 aliphatic carbocycles. The number of anilines is 1. The quantitative estimate of drug-likeness (QED) is 0.315. The Balaban J connectivity index is 1.48. The first-order valence-electron chi connectivity index (χ1n) is 11.8. The lowest BCUT2D eigenvalue weighted by atomic mass is 9.83. The van der Waals surface area contributed by atoms with E-state index in [4.69, 9.17) is 4.74 Å². The Morgan fingerprint density at radius 3 is 2.65 bits per heavy atom. The number of urea groups is 1. The van der Waals surface area contributed by atoms with Crippen molar-refractivity contribution in [2.24, 2.45) is 10.4 Å². The highest BCUT2D eigenvalue weighted by Gasteiger charge is 2.33. The van der Waals surface area contributed by atoms with Gasteiger partial charge in [0, 0.05) is 52.1 Å². The summed E-state index contributed by atoms with van der Waals surface area (Å²) in [5.74, 6) is 0.814. The summed E-state index contributed by atoms with van der Waals surface area (Å²) in [5, 5.41) is 9.97. The number of rotatable bonds is 9. The Morgan fingerprint density at radius 2 is 1.94 bits per heavy atom. The number of carbonyl (C=O) groups is 1. The molecule has 31 heavy (non-hydrogen) atoms. The molecule has 1 saturated carbocycles. The van der Waals surface area contributed by atoms with E-state index in [1.165, 1.54) is 25.7 Å². The highest BCUT2D eigenvalue weighted by atomic mass is 16.5. The van der Waals surface area contributed by atoms with Crippen LogP contribution in [0.2, 0.25) is 0 Å². The van der Waals surface area contributed by atoms with Gasteiger partial charge in [0.1, 0.15) is 0 Å². The van der Waals surface area contributed by atoms with Gasteiger partial charge in [-0.15, -0.1) is 0 Å². The van der Waals surface area contributed by atoms with E-state index in [2.05, 4.69) is 33.9 Å². The minimum absolute atomic E-state index is 0.00556. The molecule has 1 heterocycles. The fraction of sp³-hybridized carbons (Fsp3) is 0.667. The van der Waals surface area contributed by atoms with E-state index < -0.39 is 0 Å². The number of carbonyl (C=O) groups excluding carboxylic acids is 1. The highest BCUT2D eigenvalue weighted by Crippen LogP contribution is 2.40. The number of hydrogen-bond donors (Lipinski definition) is 3. The number of amides is 2. The van der Waals surface area contributed by atoms with Crippen LogP contribution in [0.25, 0.3) is 0 Å². The van der Waals surface area contributed by atoms with Crippen LogP contribution in [-0.2, 0) is 11.3 Å². The molecule has 1 aromatic rings. The Labute approximate surface area is 187 Å². The first kappa shape index (κ1) is 23.4. The van der Waals surface area contributed by atoms with Crippen molar-refractivity contribution >= 4 is 17.7 Å². The van der Waals surface area contributed by atoms with E-state index in [0.29, 0.717) is 12.0 Å². The van der Waals surface area contributed by atoms with Crippen molar-refractivity contribution in [3.05, 3.63) is 29.8 Å². The minimum atomic E-state index is -0.00556. The second-order valence-corrected chi connectivity index (χ2v) is 8.76. The molecule has 1 saturated heterocycles. The Morgan fingerprint density at radius 1 is 1.16 bits per heavy atom. The molecule has 3 N–H and O–H groups in total. The van der Waals surface area contributed by atoms with Gasteiger partial charge in [0.2, 0.25) is 0 Å². The molecule has 0 unspecified atom stereocenters. The van der Waals surface area contributed by atoms with E-state index in [1.54, 1.807) is 0 Å². The molecule has 2 amide bonds. The fourth-order valence-corrected chi connectivity index (χ4v) is 4.63. The SMILES string of the molecule is CCOCCC1(CNC(=NC)NCc2cccc(NC(=O)N3CCCC3)c2)CCCC1. The average molecular weight is 430 g/mol. The van der Waals surface area contributed by atoms with Crippen LogP contribution in [0.15, 0.2) is 29.3 Å². The zero-order valence-electron chi connectivity index (χ0n) is 19.2. The van der Waals surface area contributed by atoms with Crippen molar-refractivity contribution in [2.75, 3.05) is 45.2 Å². The van der Waals surface area contributed by atoms with Gasteiger partial charge in [-0.25, -0.2) is 4.79 Å². The van der Waals surface area contributed by atoms with Crippen molar-refractivity contribution in [2.45, 2.75) is 58.4 Å². The molecule has 3 rings (SSSR count). The van der Waals surface area contributed by atoms with E-state index in [9.17, 15) is 4.79 Å². The third-order valence-corrected chi connectivity index (χ3v) is 6.53. The molecule has 7 nitrogen and oxygen atoms in total. The summed E-state index contributed by atoms with van der Waals surface area (Å²) in [6.45, 7) is 6.94. The Kier molecular flexibility index (Phi) is 9.00. The first-order chi connectivity index (χ1) is 15.1. The van der Waals surface area contributed by atoms with Crippen molar-refractivity contribution in [3.8, 4) is 0 Å². The maximum Gasteiger partial charge on any atom is 0.321 e. The van der Waals surface area contributed by atoms with Crippen molar-refractivity contribution in [1.29, 1.82) is 0 Å². The summed E-state index contributed by atoms with van der Waals surface area (Å²) < 4.78 is 5.62. The molecule has 0 atom stereocenters. The standard InChI is InChI=1S/C24H39N5O2/c1-3-31-16-13-24(11-4-5-12-24)19-27-22(25-2)26-18-20-9-8-10-21(17-20)28-23(30)29-14-6-7-15-29/h8-10,17H,3-7,11-16,18-19H2,1-2H3,(H,28,30)(H2,25,26,27). The van der Waals surface area contributed by atoms with Gasteiger partial charge in [0.05, 0.1) is 0 Å². The van der Waals surface area contributed by atoms with Crippen molar-refractivity contribution in [3.63, 3.8) is 0 Å². The normalized spacial score (nSPS) is 18.3. The summed E-state index contributed by atoms with van der Waals surface area (Å²) in [5.41, 5.74) is 2.25. The average Bonchev–Trinajstić information content (AvgIpc) is 3.47. The number of hydrogen-bond acceptors (Lipinski definition) is 3. The molecular weight excluding hydrogens is 390 g/mol. The van der Waals surface area contributed by atoms with E-state index in [0.717, 1.165) is 69.3 Å². The molecular formula is C24H39N5O2. The molecule has 0 aromatic heterocycles. The van der Waals surface area contributed by atoms with Gasteiger partial charge >= 0.3 is 6.03 Å². The molecule has 172 valence electrons. The number of ether oxygens (including phenoxy) is 1. The van der Waals surface area contributed by atoms with Crippen LogP contribution in [0.5, 0.6) is 0 Å². The second kappa shape index (κ2) is 11.9. The predicted octanol–water partition coefficient (Wildman–Crippen LogP) is 3.97. The largest absolute Gasteiger partial charge is 0.382 e. The van der Waals surface area contributed by atoms with Crippen LogP contribution < -0.4 is 16.0 Å². The maximum absolute atomic E-state index is 12.3. The maximum atomic E-state index is 12.3. The van der Waals surface area contributed by atoms with Gasteiger partial charge in [-0.05, 0) is 62.1 Å². The predicted molar refractivity (Wildman–Crippen MR) is 126 cm³/mol. The summed E-state index contributed by atoms with van der Waals surface area (Å²) >= 11 is 0. The smallest absolute Gasteiger partial charge is 0.321 e. The zero-order chi connectivity index (χ0) is 21.9. The third kappa shape index (κ3) is 7.13. The number of nitrogens with zero attached hydrogens (tertiary/aromatic N) is 2. The molecule has 0 radical (unpaired) electrons. The molecule has 0 spiro atoms. The van der Waals surface area contributed by atoms with Gasteiger partial charge in [0.25, 0.3) is 0 Å². The van der Waals surface area contributed by atoms with E-state index >= 15 is 0 Å². The van der Waals surface area contributed by atoms with Crippen LogP contribution in [0.1, 0.15) is 57.4 Å². The van der Waals surface area contributed by atoms with Crippen molar-refractivity contribution in [1.82, 2.24) is 15.5 Å². The molecule has 1 aliphatic heterocycles. The van der Waals surface area contributed by atoms with Crippen LogP contribution in [-0.4, -0.2) is 56.8 Å². The van der Waals surface area contributed by atoms with Crippen LogP contribution in [0.3, 0.4) is 0 Å². The molecule has 2 aliphatic rings. The van der Waals surface area contributed by atoms with Crippen LogP contribution in [0.4, 0.5) is 10.5 Å². The number of nitrogens with one attached hydrogen (secondary N) is 3. The fourth-order valence-electron chi connectivity index (χ4n) is 4.63. The third-order valence-electron chi connectivity index (χ3n) is 6.53. The minimum Gasteiger partial charge on any atom is -0.382 e. The summed E-state index contributed by atoms with van der Waals surface area (Å²) in [4.78, 5) is 18.6. The van der Waals surface area contributed by atoms with E-state index in [1.807, 2.05) is 30.1 Å². The van der Waals surface area contributed by atoms with Crippen LogP contribution >= 0.6 is 0 Å². The lowest BCUT2D eigenvalue weighted by Gasteiger charge is -2.30. The summed E-state index contributed by atoms with van der Waals surface area (Å²) in [7, 11) is 1.81. The topological polar surface area (TPSA) is 78.0 Å². The van der Waals surface area contributed by atoms with Crippen LogP contribution in [0, 0.1) is 5.41 Å². The number of likely N-dealkylation sites (tertiary alicyclic amines) is 1. The molecule has 1 aromatic carbocycles. The molecule has 7 heteroatoms. The molecule has 2 fully saturated rings. The Bertz CT molecular complexity index is 724. The summed E-state index contributed by atoms with van der Waals surface area (Å²) in [6.07, 6.45) is 8.40.